The van der Waals surface area contributed by atoms with E-state index in [0.717, 1.165) is 30.4 Å². The zero-order valence-electron chi connectivity index (χ0n) is 13.2. The molecule has 1 N–H and O–H groups in total. The van der Waals surface area contributed by atoms with Gasteiger partial charge in [-0.15, -0.1) is 0 Å². The van der Waals surface area contributed by atoms with Crippen LogP contribution in [-0.2, 0) is 19.3 Å². The third-order valence-corrected chi connectivity index (χ3v) is 3.47. The molecule has 0 saturated heterocycles. The summed E-state index contributed by atoms with van der Waals surface area (Å²) in [6.07, 6.45) is 2.55. The molecule has 0 aromatic heterocycles. The molecule has 3 heteroatoms. The Balaban J connectivity index is 3.45. The molecule has 1 aromatic carbocycles. The molecule has 0 atom stereocenters. The monoisotopic (exact) mass is 278 g/mol. The average molecular weight is 278 g/mol. The van der Waals surface area contributed by atoms with Crippen LogP contribution < -0.4 is 4.74 Å². The van der Waals surface area contributed by atoms with Crippen molar-refractivity contribution in [2.24, 2.45) is 5.92 Å². The minimum Gasteiger partial charge on any atom is -0.492 e. The summed E-state index contributed by atoms with van der Waals surface area (Å²) in [5, 5.41) is 9.45. The number of ether oxygens (including phenoxy) is 1. The maximum Gasteiger partial charge on any atom is 0.339 e. The van der Waals surface area contributed by atoms with Gasteiger partial charge in [-0.2, -0.15) is 0 Å². The number of carbonyl (C=O) groups is 1. The largest absolute Gasteiger partial charge is 0.492 e. The maximum atomic E-state index is 11.5. The Morgan fingerprint density at radius 1 is 1.15 bits per heavy atom. The molecule has 0 unspecified atom stereocenters. The molecule has 3 nitrogen and oxygen atoms in total. The Bertz CT molecular complexity index is 476. The summed E-state index contributed by atoms with van der Waals surface area (Å²) in [4.78, 5) is 11.5. The van der Waals surface area contributed by atoms with Gasteiger partial charge in [0.05, 0.1) is 6.61 Å². The van der Waals surface area contributed by atoms with Crippen LogP contribution in [0.4, 0.5) is 0 Å². The van der Waals surface area contributed by atoms with Crippen molar-refractivity contribution in [3.8, 4) is 5.75 Å². The van der Waals surface area contributed by atoms with Crippen molar-refractivity contribution in [1.29, 1.82) is 0 Å². The first-order chi connectivity index (χ1) is 9.46. The van der Waals surface area contributed by atoms with Gasteiger partial charge in [-0.25, -0.2) is 4.79 Å². The van der Waals surface area contributed by atoms with E-state index >= 15 is 0 Å². The predicted octanol–water partition coefficient (Wildman–Crippen LogP) is 4.11. The fourth-order valence-corrected chi connectivity index (χ4v) is 2.52. The topological polar surface area (TPSA) is 46.5 Å². The van der Waals surface area contributed by atoms with Crippen molar-refractivity contribution in [1.82, 2.24) is 0 Å². The van der Waals surface area contributed by atoms with Crippen LogP contribution in [-0.4, -0.2) is 17.7 Å². The Morgan fingerprint density at radius 3 is 2.15 bits per heavy atom. The summed E-state index contributed by atoms with van der Waals surface area (Å²) < 4.78 is 5.84. The first-order valence-corrected chi connectivity index (χ1v) is 7.49. The number of hydrogen-bond donors (Lipinski definition) is 1. The van der Waals surface area contributed by atoms with E-state index < -0.39 is 5.97 Å². The molecule has 0 heterocycles. The first-order valence-electron chi connectivity index (χ1n) is 7.49. The lowest BCUT2D eigenvalue weighted by atomic mass is 9.91. The van der Waals surface area contributed by atoms with Crippen molar-refractivity contribution in [2.75, 3.05) is 6.61 Å². The van der Waals surface area contributed by atoms with E-state index in [-0.39, 0.29) is 0 Å². The van der Waals surface area contributed by atoms with Crippen LogP contribution in [0.15, 0.2) is 6.07 Å². The maximum absolute atomic E-state index is 11.5. The van der Waals surface area contributed by atoms with Gasteiger partial charge < -0.3 is 9.84 Å². The third-order valence-electron chi connectivity index (χ3n) is 3.47. The summed E-state index contributed by atoms with van der Waals surface area (Å²) in [7, 11) is 0. The Morgan fingerprint density at radius 2 is 1.75 bits per heavy atom. The molecule has 0 aliphatic heterocycles. The number of rotatable bonds is 7. The first kappa shape index (κ1) is 16.5. The number of benzene rings is 1. The highest BCUT2D eigenvalue weighted by molar-refractivity contribution is 5.92. The summed E-state index contributed by atoms with van der Waals surface area (Å²) in [6.45, 7) is 10.9. The van der Waals surface area contributed by atoms with Crippen molar-refractivity contribution in [2.45, 2.75) is 53.9 Å². The quantitative estimate of drug-likeness (QED) is 0.816. The normalized spacial score (nSPS) is 10.9. The molecule has 1 rings (SSSR count). The Labute approximate surface area is 122 Å². The van der Waals surface area contributed by atoms with Crippen LogP contribution in [0.5, 0.6) is 5.75 Å². The molecule has 0 amide bonds. The molecule has 0 aliphatic rings. The zero-order valence-corrected chi connectivity index (χ0v) is 13.2. The van der Waals surface area contributed by atoms with Gasteiger partial charge in [-0.05, 0) is 47.9 Å². The van der Waals surface area contributed by atoms with Gasteiger partial charge >= 0.3 is 5.97 Å². The van der Waals surface area contributed by atoms with Gasteiger partial charge in [-0.1, -0.05) is 34.6 Å². The second kappa shape index (κ2) is 7.32. The van der Waals surface area contributed by atoms with Crippen LogP contribution in [0.25, 0.3) is 0 Å². The number of hydrogen-bond acceptors (Lipinski definition) is 2. The minimum absolute atomic E-state index is 0.302. The fourth-order valence-electron chi connectivity index (χ4n) is 2.52. The SMILES string of the molecule is CCc1cc(C(=O)O)c(OCC(C)C)c(CC)c1CC. The standard InChI is InChI=1S/C17H26O3/c1-6-12-9-15(17(18)19)16(20-10-11(4)5)14(8-3)13(12)7-2/h9,11H,6-8,10H2,1-5H3,(H,18,19). The molecule has 1 aromatic rings. The molecule has 0 radical (unpaired) electrons. The van der Waals surface area contributed by atoms with E-state index in [1.165, 1.54) is 5.56 Å². The van der Waals surface area contributed by atoms with Crippen LogP contribution in [0, 0.1) is 5.92 Å². The van der Waals surface area contributed by atoms with Crippen molar-refractivity contribution < 1.29 is 14.6 Å². The summed E-state index contributed by atoms with van der Waals surface area (Å²) in [6, 6.07) is 1.79. The van der Waals surface area contributed by atoms with Crippen LogP contribution in [0.3, 0.4) is 0 Å². The highest BCUT2D eigenvalue weighted by Gasteiger charge is 2.20. The number of aromatic carboxylic acids is 1. The van der Waals surface area contributed by atoms with Gasteiger partial charge in [0.1, 0.15) is 11.3 Å². The molecule has 0 bridgehead atoms. The predicted molar refractivity (Wildman–Crippen MR) is 81.9 cm³/mol. The molecular formula is C17H26O3. The lowest BCUT2D eigenvalue weighted by Gasteiger charge is -2.20. The Hall–Kier alpha value is -1.51. The number of aryl methyl sites for hydroxylation is 1. The molecule has 0 aliphatic carbocycles. The summed E-state index contributed by atoms with van der Waals surface area (Å²) in [5.41, 5.74) is 3.74. The van der Waals surface area contributed by atoms with Crippen LogP contribution in [0.1, 0.15) is 61.7 Å². The van der Waals surface area contributed by atoms with Crippen molar-refractivity contribution >= 4 is 5.97 Å². The Kier molecular flexibility index (Phi) is 6.05. The highest BCUT2D eigenvalue weighted by atomic mass is 16.5. The summed E-state index contributed by atoms with van der Waals surface area (Å²) in [5.74, 6) is 0.0378. The van der Waals surface area contributed by atoms with E-state index in [9.17, 15) is 9.90 Å². The smallest absolute Gasteiger partial charge is 0.339 e. The second-order valence-electron chi connectivity index (χ2n) is 5.44. The van der Waals surface area contributed by atoms with Crippen molar-refractivity contribution in [3.63, 3.8) is 0 Å². The average Bonchev–Trinajstić information content (AvgIpc) is 2.42. The molecule has 20 heavy (non-hydrogen) atoms. The number of carboxylic acid groups (broad SMARTS) is 1. The fraction of sp³-hybridized carbons (Fsp3) is 0.588. The van der Waals surface area contributed by atoms with E-state index in [1.54, 1.807) is 6.07 Å². The van der Waals surface area contributed by atoms with E-state index in [0.29, 0.717) is 23.8 Å². The highest BCUT2D eigenvalue weighted by Crippen LogP contribution is 2.32. The van der Waals surface area contributed by atoms with Gasteiger partial charge in [0.15, 0.2) is 0 Å². The zero-order chi connectivity index (χ0) is 15.3. The molecule has 0 spiro atoms. The molecular weight excluding hydrogens is 252 g/mol. The van der Waals surface area contributed by atoms with Crippen molar-refractivity contribution in [3.05, 3.63) is 28.3 Å². The molecule has 112 valence electrons. The van der Waals surface area contributed by atoms with Gasteiger partial charge in [-0.3, -0.25) is 0 Å². The summed E-state index contributed by atoms with van der Waals surface area (Å²) >= 11 is 0. The minimum atomic E-state index is -0.907. The molecule has 0 saturated carbocycles. The van der Waals surface area contributed by atoms with E-state index in [1.807, 2.05) is 0 Å². The van der Waals surface area contributed by atoms with Crippen LogP contribution in [0.2, 0.25) is 0 Å². The van der Waals surface area contributed by atoms with E-state index in [4.69, 9.17) is 4.74 Å². The molecule has 0 fully saturated rings. The number of carboxylic acids is 1. The van der Waals surface area contributed by atoms with Gasteiger partial charge in [0.2, 0.25) is 0 Å². The second-order valence-corrected chi connectivity index (χ2v) is 5.44. The van der Waals surface area contributed by atoms with Gasteiger partial charge in [0.25, 0.3) is 0 Å². The van der Waals surface area contributed by atoms with E-state index in [2.05, 4.69) is 34.6 Å². The lowest BCUT2D eigenvalue weighted by molar-refractivity contribution is 0.0691. The third kappa shape index (κ3) is 3.53. The van der Waals surface area contributed by atoms with Gasteiger partial charge in [0, 0.05) is 0 Å². The van der Waals surface area contributed by atoms with Crippen LogP contribution >= 0.6 is 0 Å². The lowest BCUT2D eigenvalue weighted by Crippen LogP contribution is -2.13.